The Labute approximate surface area is 157 Å². The second-order valence-electron chi connectivity index (χ2n) is 6.44. The standard InChI is InChI=1S/C18H22F2N4O.ClH/c1-12(15-10-13(19)5-6-16(15)20)23(2)18(25)17-7-9-24(22-17)14-4-3-8-21-11-14;/h5-7,9-10,12,14,21H,3-4,8,11H2,1-2H3;1H. The van der Waals surface area contributed by atoms with Crippen LogP contribution in [-0.2, 0) is 0 Å². The van der Waals surface area contributed by atoms with Gasteiger partial charge in [0.05, 0.1) is 12.1 Å². The zero-order valence-corrected chi connectivity index (χ0v) is 15.6. The van der Waals surface area contributed by atoms with Crippen LogP contribution < -0.4 is 5.32 Å². The molecule has 1 N–H and O–H groups in total. The number of carbonyl (C=O) groups is 1. The monoisotopic (exact) mass is 384 g/mol. The highest BCUT2D eigenvalue weighted by atomic mass is 35.5. The molecule has 0 bridgehead atoms. The maximum atomic E-state index is 14.0. The fraction of sp³-hybridized carbons (Fsp3) is 0.444. The molecule has 2 atom stereocenters. The molecule has 2 heterocycles. The molecule has 1 aliphatic heterocycles. The van der Waals surface area contributed by atoms with Crippen LogP contribution in [0.5, 0.6) is 0 Å². The summed E-state index contributed by atoms with van der Waals surface area (Å²) in [6.45, 7) is 3.50. The van der Waals surface area contributed by atoms with Crippen LogP contribution in [0.3, 0.4) is 0 Å². The topological polar surface area (TPSA) is 50.2 Å². The van der Waals surface area contributed by atoms with Crippen molar-refractivity contribution < 1.29 is 13.6 Å². The summed E-state index contributed by atoms with van der Waals surface area (Å²) in [5.74, 6) is -1.38. The predicted molar refractivity (Wildman–Crippen MR) is 97.5 cm³/mol. The van der Waals surface area contributed by atoms with E-state index >= 15 is 0 Å². The van der Waals surface area contributed by atoms with E-state index in [0.717, 1.165) is 44.1 Å². The molecule has 1 aromatic carbocycles. The van der Waals surface area contributed by atoms with Gasteiger partial charge < -0.3 is 10.2 Å². The summed E-state index contributed by atoms with van der Waals surface area (Å²) >= 11 is 0. The summed E-state index contributed by atoms with van der Waals surface area (Å²) in [5, 5.41) is 7.70. The van der Waals surface area contributed by atoms with Crippen molar-refractivity contribution in [1.29, 1.82) is 0 Å². The summed E-state index contributed by atoms with van der Waals surface area (Å²) in [4.78, 5) is 14.0. The Balaban J connectivity index is 0.00000243. The van der Waals surface area contributed by atoms with Crippen LogP contribution in [0.25, 0.3) is 0 Å². The zero-order chi connectivity index (χ0) is 18.0. The third-order valence-corrected chi connectivity index (χ3v) is 4.78. The smallest absolute Gasteiger partial charge is 0.274 e. The average molecular weight is 385 g/mol. The van der Waals surface area contributed by atoms with Gasteiger partial charge in [-0.1, -0.05) is 0 Å². The minimum atomic E-state index is -0.607. The highest BCUT2D eigenvalue weighted by Crippen LogP contribution is 2.24. The number of piperidine rings is 1. The molecule has 1 saturated heterocycles. The average Bonchev–Trinajstić information content (AvgIpc) is 3.13. The molecular weight excluding hydrogens is 362 g/mol. The first-order valence-corrected chi connectivity index (χ1v) is 8.45. The van der Waals surface area contributed by atoms with Crippen molar-refractivity contribution in [1.82, 2.24) is 20.0 Å². The van der Waals surface area contributed by atoms with Gasteiger partial charge >= 0.3 is 0 Å². The largest absolute Gasteiger partial charge is 0.333 e. The van der Waals surface area contributed by atoms with Gasteiger partial charge in [0.25, 0.3) is 5.91 Å². The molecule has 142 valence electrons. The Hall–Kier alpha value is -1.99. The van der Waals surface area contributed by atoms with Gasteiger partial charge in [-0.15, -0.1) is 12.4 Å². The molecule has 2 unspecified atom stereocenters. The molecule has 0 spiro atoms. The van der Waals surface area contributed by atoms with Crippen LogP contribution in [0, 0.1) is 11.6 Å². The van der Waals surface area contributed by atoms with E-state index in [-0.39, 0.29) is 29.9 Å². The van der Waals surface area contributed by atoms with E-state index in [9.17, 15) is 13.6 Å². The van der Waals surface area contributed by atoms with Crippen LogP contribution >= 0.6 is 12.4 Å². The van der Waals surface area contributed by atoms with Gasteiger partial charge in [0.1, 0.15) is 17.3 Å². The molecule has 0 radical (unpaired) electrons. The van der Waals surface area contributed by atoms with Crippen molar-refractivity contribution >= 4 is 18.3 Å². The fourth-order valence-corrected chi connectivity index (χ4v) is 3.11. The van der Waals surface area contributed by atoms with E-state index in [1.54, 1.807) is 30.9 Å². The number of amides is 1. The number of hydrogen-bond acceptors (Lipinski definition) is 3. The van der Waals surface area contributed by atoms with E-state index in [4.69, 9.17) is 0 Å². The molecule has 1 aromatic heterocycles. The molecule has 0 aliphatic carbocycles. The van der Waals surface area contributed by atoms with Crippen LogP contribution in [-0.4, -0.2) is 40.7 Å². The third kappa shape index (κ3) is 4.22. The minimum absolute atomic E-state index is 0. The summed E-state index contributed by atoms with van der Waals surface area (Å²) in [6, 6.07) is 4.55. The van der Waals surface area contributed by atoms with Gasteiger partial charge in [0.2, 0.25) is 0 Å². The first kappa shape index (κ1) is 20.3. The summed E-state index contributed by atoms with van der Waals surface area (Å²) in [7, 11) is 1.57. The van der Waals surface area contributed by atoms with Crippen molar-refractivity contribution in [2.45, 2.75) is 31.8 Å². The number of carbonyl (C=O) groups excluding carboxylic acids is 1. The number of nitrogens with zero attached hydrogens (tertiary/aromatic N) is 3. The van der Waals surface area contributed by atoms with Crippen molar-refractivity contribution in [3.05, 3.63) is 53.4 Å². The van der Waals surface area contributed by atoms with E-state index in [1.165, 1.54) is 4.90 Å². The fourth-order valence-electron chi connectivity index (χ4n) is 3.11. The van der Waals surface area contributed by atoms with E-state index < -0.39 is 17.7 Å². The lowest BCUT2D eigenvalue weighted by molar-refractivity contribution is 0.0732. The number of hydrogen-bond donors (Lipinski definition) is 1. The van der Waals surface area contributed by atoms with Crippen LogP contribution in [0.4, 0.5) is 8.78 Å². The zero-order valence-electron chi connectivity index (χ0n) is 14.8. The van der Waals surface area contributed by atoms with E-state index in [1.807, 2.05) is 0 Å². The van der Waals surface area contributed by atoms with Crippen LogP contribution in [0.2, 0.25) is 0 Å². The highest BCUT2D eigenvalue weighted by molar-refractivity contribution is 5.92. The minimum Gasteiger partial charge on any atom is -0.333 e. The van der Waals surface area contributed by atoms with E-state index in [2.05, 4.69) is 10.4 Å². The Morgan fingerprint density at radius 1 is 1.38 bits per heavy atom. The molecule has 5 nitrogen and oxygen atoms in total. The Morgan fingerprint density at radius 3 is 2.85 bits per heavy atom. The summed E-state index contributed by atoms with van der Waals surface area (Å²) in [6.07, 6.45) is 3.89. The van der Waals surface area contributed by atoms with Gasteiger partial charge in [-0.25, -0.2) is 8.78 Å². The van der Waals surface area contributed by atoms with Gasteiger partial charge in [-0.05, 0) is 50.6 Å². The Morgan fingerprint density at radius 2 is 2.15 bits per heavy atom. The first-order chi connectivity index (χ1) is 12.0. The molecular formula is C18H23ClF2N4O. The highest BCUT2D eigenvalue weighted by Gasteiger charge is 2.24. The van der Waals surface area contributed by atoms with Crippen molar-refractivity contribution in [3.63, 3.8) is 0 Å². The van der Waals surface area contributed by atoms with Crippen LogP contribution in [0.1, 0.15) is 47.9 Å². The number of halogens is 3. The molecule has 1 amide bonds. The van der Waals surface area contributed by atoms with Crippen molar-refractivity contribution in [2.24, 2.45) is 0 Å². The summed E-state index contributed by atoms with van der Waals surface area (Å²) in [5.41, 5.74) is 0.448. The normalized spacial score (nSPS) is 18.1. The van der Waals surface area contributed by atoms with Gasteiger partial charge in [0.15, 0.2) is 0 Å². The molecule has 3 rings (SSSR count). The van der Waals surface area contributed by atoms with Crippen LogP contribution in [0.15, 0.2) is 30.5 Å². The van der Waals surface area contributed by atoms with Crippen molar-refractivity contribution in [3.8, 4) is 0 Å². The lowest BCUT2D eigenvalue weighted by Gasteiger charge is -2.25. The third-order valence-electron chi connectivity index (χ3n) is 4.78. The predicted octanol–water partition coefficient (Wildman–Crippen LogP) is 3.34. The molecule has 26 heavy (non-hydrogen) atoms. The number of nitrogens with one attached hydrogen (secondary N) is 1. The second-order valence-corrected chi connectivity index (χ2v) is 6.44. The van der Waals surface area contributed by atoms with Crippen molar-refractivity contribution in [2.75, 3.05) is 20.1 Å². The second kappa shape index (κ2) is 8.60. The van der Waals surface area contributed by atoms with Gasteiger partial charge in [0, 0.05) is 25.4 Å². The summed E-state index contributed by atoms with van der Waals surface area (Å²) < 4.78 is 29.2. The lowest BCUT2D eigenvalue weighted by Crippen LogP contribution is -2.33. The maximum Gasteiger partial charge on any atom is 0.274 e. The molecule has 1 fully saturated rings. The Bertz CT molecular complexity index is 761. The maximum absolute atomic E-state index is 14.0. The van der Waals surface area contributed by atoms with Gasteiger partial charge in [-0.2, -0.15) is 5.10 Å². The molecule has 0 saturated carbocycles. The lowest BCUT2D eigenvalue weighted by atomic mass is 10.1. The molecule has 2 aromatic rings. The van der Waals surface area contributed by atoms with Gasteiger partial charge in [-0.3, -0.25) is 9.48 Å². The number of rotatable bonds is 4. The molecule has 1 aliphatic rings. The first-order valence-electron chi connectivity index (χ1n) is 8.45. The SMILES string of the molecule is CC(c1cc(F)ccc1F)N(C)C(=O)c1ccn(C2CCCNC2)n1.Cl. The number of benzene rings is 1. The van der Waals surface area contributed by atoms with E-state index in [0.29, 0.717) is 5.69 Å². The Kier molecular flexibility index (Phi) is 6.72. The number of aromatic nitrogens is 2. The molecule has 8 heteroatoms. The quantitative estimate of drug-likeness (QED) is 0.879.